The van der Waals surface area contributed by atoms with Gasteiger partial charge in [-0.2, -0.15) is 0 Å². The van der Waals surface area contributed by atoms with E-state index in [0.717, 1.165) is 33.4 Å². The molecule has 3 aromatic carbocycles. The predicted molar refractivity (Wildman–Crippen MR) is 118 cm³/mol. The number of hydrogen-bond donors (Lipinski definition) is 2. The number of nitrogens with two attached hydrogens (primary N) is 1. The smallest absolute Gasteiger partial charge is 0.241 e. The minimum Gasteiger partial charge on any atom is -0.322 e. The van der Waals surface area contributed by atoms with E-state index in [4.69, 9.17) is 5.73 Å². The Labute approximate surface area is 173 Å². The zero-order valence-electron chi connectivity index (χ0n) is 17.3. The van der Waals surface area contributed by atoms with Crippen molar-refractivity contribution < 1.29 is 8.42 Å². The number of sulfonamides is 1. The van der Waals surface area contributed by atoms with Crippen molar-refractivity contribution in [1.29, 1.82) is 0 Å². The van der Waals surface area contributed by atoms with Gasteiger partial charge < -0.3 is 5.73 Å². The predicted octanol–water partition coefficient (Wildman–Crippen LogP) is 4.64. The van der Waals surface area contributed by atoms with E-state index in [1.165, 1.54) is 0 Å². The average molecular weight is 409 g/mol. The first-order chi connectivity index (χ1) is 13.7. The molecular weight excluding hydrogens is 380 g/mol. The Kier molecular flexibility index (Phi) is 6.22. The number of rotatable bonds is 6. The van der Waals surface area contributed by atoms with E-state index in [2.05, 4.69) is 4.72 Å². The van der Waals surface area contributed by atoms with Crippen LogP contribution < -0.4 is 10.5 Å². The third-order valence-corrected chi connectivity index (χ3v) is 7.26. The van der Waals surface area contributed by atoms with Gasteiger partial charge in [0.2, 0.25) is 10.0 Å². The van der Waals surface area contributed by atoms with Crippen LogP contribution in [0.3, 0.4) is 0 Å². The summed E-state index contributed by atoms with van der Waals surface area (Å²) >= 11 is 0. The van der Waals surface area contributed by atoms with Crippen LogP contribution in [-0.4, -0.2) is 8.42 Å². The summed E-state index contributed by atoms with van der Waals surface area (Å²) in [6.07, 6.45) is 0. The second-order valence-corrected chi connectivity index (χ2v) is 9.19. The highest BCUT2D eigenvalue weighted by molar-refractivity contribution is 7.89. The van der Waals surface area contributed by atoms with Crippen LogP contribution in [0.5, 0.6) is 0 Å². The summed E-state index contributed by atoms with van der Waals surface area (Å²) in [5, 5.41) is 0. The van der Waals surface area contributed by atoms with Crippen molar-refractivity contribution in [2.75, 3.05) is 0 Å². The van der Waals surface area contributed by atoms with Gasteiger partial charge in [0.25, 0.3) is 0 Å². The number of nitrogens with one attached hydrogen (secondary N) is 1. The lowest BCUT2D eigenvalue weighted by atomic mass is 9.95. The first-order valence-corrected chi connectivity index (χ1v) is 11.2. The number of aryl methyl sites for hydroxylation is 2. The monoisotopic (exact) mass is 408 g/mol. The van der Waals surface area contributed by atoms with E-state index in [0.29, 0.717) is 4.90 Å². The fraction of sp³-hybridized carbons (Fsp3) is 0.250. The van der Waals surface area contributed by atoms with Crippen molar-refractivity contribution in [3.8, 4) is 0 Å². The Balaban J connectivity index is 2.09. The van der Waals surface area contributed by atoms with E-state index >= 15 is 0 Å². The Morgan fingerprint density at radius 2 is 1.21 bits per heavy atom. The molecule has 3 aromatic rings. The maximum Gasteiger partial charge on any atom is 0.241 e. The molecule has 152 valence electrons. The van der Waals surface area contributed by atoms with Gasteiger partial charge in [-0.25, -0.2) is 13.1 Å². The van der Waals surface area contributed by atoms with Crippen molar-refractivity contribution >= 4 is 10.0 Å². The van der Waals surface area contributed by atoms with Crippen LogP contribution in [0, 0.1) is 27.7 Å². The van der Waals surface area contributed by atoms with Gasteiger partial charge in [-0.15, -0.1) is 0 Å². The summed E-state index contributed by atoms with van der Waals surface area (Å²) in [5.74, 6) is 0. The summed E-state index contributed by atoms with van der Waals surface area (Å²) in [6, 6.07) is 20.0. The largest absolute Gasteiger partial charge is 0.322 e. The Morgan fingerprint density at radius 3 is 1.69 bits per heavy atom. The highest BCUT2D eigenvalue weighted by Gasteiger charge is 2.30. The lowest BCUT2D eigenvalue weighted by Gasteiger charge is -2.27. The van der Waals surface area contributed by atoms with Crippen molar-refractivity contribution in [2.45, 2.75) is 44.7 Å². The molecule has 0 saturated carbocycles. The Hall–Kier alpha value is -2.47. The standard InChI is InChI=1S/C24H28N2O2S/c1-16-15-17(2)19(4)24(18(16)3)29(27,28)26-23(21-13-9-6-10-14-21)22(25)20-11-7-5-8-12-20/h5-15,22-23,26H,25H2,1-4H3/t22-,23-/m1/s1. The molecule has 0 fully saturated rings. The zero-order valence-corrected chi connectivity index (χ0v) is 18.1. The van der Waals surface area contributed by atoms with Crippen LogP contribution in [0.2, 0.25) is 0 Å². The first kappa shape index (κ1) is 21.2. The lowest BCUT2D eigenvalue weighted by molar-refractivity contribution is 0.503. The van der Waals surface area contributed by atoms with Gasteiger partial charge in [-0.1, -0.05) is 66.7 Å². The van der Waals surface area contributed by atoms with Crippen LogP contribution in [0.15, 0.2) is 71.6 Å². The van der Waals surface area contributed by atoms with Crippen LogP contribution in [0.1, 0.15) is 45.5 Å². The molecule has 3 rings (SSSR count). The molecule has 0 aliphatic rings. The first-order valence-electron chi connectivity index (χ1n) is 9.67. The second kappa shape index (κ2) is 8.49. The molecule has 4 nitrogen and oxygen atoms in total. The normalized spacial score (nSPS) is 13.8. The molecule has 0 spiro atoms. The maximum absolute atomic E-state index is 13.5. The lowest BCUT2D eigenvalue weighted by Crippen LogP contribution is -2.36. The third kappa shape index (κ3) is 4.42. The van der Waals surface area contributed by atoms with E-state index in [1.54, 1.807) is 0 Å². The van der Waals surface area contributed by atoms with Gasteiger partial charge in [-0.05, 0) is 61.1 Å². The van der Waals surface area contributed by atoms with E-state index < -0.39 is 22.1 Å². The molecule has 0 aromatic heterocycles. The highest BCUT2D eigenvalue weighted by atomic mass is 32.2. The zero-order chi connectivity index (χ0) is 21.2. The molecule has 0 heterocycles. The minimum absolute atomic E-state index is 0.344. The second-order valence-electron chi connectivity index (χ2n) is 7.54. The summed E-state index contributed by atoms with van der Waals surface area (Å²) < 4.78 is 30.0. The van der Waals surface area contributed by atoms with Crippen molar-refractivity contribution in [2.24, 2.45) is 5.73 Å². The fourth-order valence-electron chi connectivity index (χ4n) is 3.69. The topological polar surface area (TPSA) is 72.2 Å². The molecule has 0 saturated heterocycles. The van der Waals surface area contributed by atoms with Gasteiger partial charge in [-0.3, -0.25) is 0 Å². The van der Waals surface area contributed by atoms with Crippen molar-refractivity contribution in [3.63, 3.8) is 0 Å². The number of hydrogen-bond acceptors (Lipinski definition) is 3. The number of benzene rings is 3. The third-order valence-electron chi connectivity index (χ3n) is 5.55. The molecule has 29 heavy (non-hydrogen) atoms. The van der Waals surface area contributed by atoms with Gasteiger partial charge in [0.05, 0.1) is 17.0 Å². The maximum atomic E-state index is 13.5. The minimum atomic E-state index is -3.80. The Morgan fingerprint density at radius 1 is 0.759 bits per heavy atom. The van der Waals surface area contributed by atoms with Gasteiger partial charge in [0.1, 0.15) is 0 Å². The summed E-state index contributed by atoms with van der Waals surface area (Å²) in [4.78, 5) is 0.344. The van der Waals surface area contributed by atoms with Crippen LogP contribution >= 0.6 is 0 Å². The molecule has 2 atom stereocenters. The van der Waals surface area contributed by atoms with Crippen LogP contribution in [0.4, 0.5) is 0 Å². The van der Waals surface area contributed by atoms with Gasteiger partial charge in [0.15, 0.2) is 0 Å². The van der Waals surface area contributed by atoms with E-state index in [-0.39, 0.29) is 0 Å². The average Bonchev–Trinajstić information content (AvgIpc) is 2.71. The van der Waals surface area contributed by atoms with E-state index in [1.807, 2.05) is 94.4 Å². The molecule has 0 amide bonds. The summed E-state index contributed by atoms with van der Waals surface area (Å²) in [7, 11) is -3.80. The summed E-state index contributed by atoms with van der Waals surface area (Å²) in [6.45, 7) is 7.58. The van der Waals surface area contributed by atoms with Crippen LogP contribution in [-0.2, 0) is 10.0 Å². The molecule has 0 aliphatic heterocycles. The molecule has 0 unspecified atom stereocenters. The van der Waals surface area contributed by atoms with E-state index in [9.17, 15) is 8.42 Å². The quantitative estimate of drug-likeness (QED) is 0.624. The molecule has 3 N–H and O–H groups in total. The SMILES string of the molecule is Cc1cc(C)c(C)c(S(=O)(=O)N[C@H](c2ccccc2)[C@H](N)c2ccccc2)c1C. The molecule has 5 heteroatoms. The highest BCUT2D eigenvalue weighted by Crippen LogP contribution is 2.31. The Bertz CT molecular complexity index is 1070. The van der Waals surface area contributed by atoms with Gasteiger partial charge >= 0.3 is 0 Å². The molecule has 0 radical (unpaired) electrons. The summed E-state index contributed by atoms with van der Waals surface area (Å²) in [5.41, 5.74) is 11.7. The fourth-order valence-corrected chi connectivity index (χ4v) is 5.55. The van der Waals surface area contributed by atoms with Crippen molar-refractivity contribution in [1.82, 2.24) is 4.72 Å². The van der Waals surface area contributed by atoms with Gasteiger partial charge in [0, 0.05) is 0 Å². The molecule has 0 aliphatic carbocycles. The molecular formula is C24H28N2O2S. The van der Waals surface area contributed by atoms with Crippen LogP contribution in [0.25, 0.3) is 0 Å². The van der Waals surface area contributed by atoms with Crippen molar-refractivity contribution in [3.05, 3.63) is 100 Å². The molecule has 0 bridgehead atoms.